The molecule has 0 aromatic heterocycles. The molecule has 4 heteroatoms. The summed E-state index contributed by atoms with van der Waals surface area (Å²) in [5.41, 5.74) is 3.40. The maximum Gasteiger partial charge on any atom is 0.255 e. The molecule has 3 nitrogen and oxygen atoms in total. The SMILES string of the molecule is Cc1ccc(NC(=O)c2cccc(CS(C)=O)c2)cc1. The Morgan fingerprint density at radius 2 is 1.85 bits per heavy atom. The molecule has 0 bridgehead atoms. The van der Waals surface area contributed by atoms with Gasteiger partial charge < -0.3 is 5.32 Å². The van der Waals surface area contributed by atoms with Crippen LogP contribution in [0, 0.1) is 6.92 Å². The Bertz CT molecular complexity index is 635. The molecule has 0 radical (unpaired) electrons. The lowest BCUT2D eigenvalue weighted by molar-refractivity contribution is 0.102. The monoisotopic (exact) mass is 287 g/mol. The fraction of sp³-hybridized carbons (Fsp3) is 0.188. The minimum atomic E-state index is -0.910. The highest BCUT2D eigenvalue weighted by molar-refractivity contribution is 7.83. The highest BCUT2D eigenvalue weighted by Crippen LogP contribution is 2.12. The van der Waals surface area contributed by atoms with E-state index in [1.165, 1.54) is 0 Å². The van der Waals surface area contributed by atoms with Crippen molar-refractivity contribution in [2.75, 3.05) is 11.6 Å². The van der Waals surface area contributed by atoms with Crippen LogP contribution in [0.5, 0.6) is 0 Å². The summed E-state index contributed by atoms with van der Waals surface area (Å²) in [6, 6.07) is 14.9. The van der Waals surface area contributed by atoms with Crippen molar-refractivity contribution in [3.8, 4) is 0 Å². The molecule has 0 aliphatic rings. The standard InChI is InChI=1S/C16H17NO2S/c1-12-6-8-15(9-7-12)17-16(18)14-5-3-4-13(10-14)11-20(2)19/h3-10H,11H2,1-2H3,(H,17,18). The van der Waals surface area contributed by atoms with Crippen molar-refractivity contribution in [1.29, 1.82) is 0 Å². The molecule has 0 aliphatic heterocycles. The van der Waals surface area contributed by atoms with Crippen molar-refractivity contribution in [2.45, 2.75) is 12.7 Å². The van der Waals surface area contributed by atoms with Gasteiger partial charge >= 0.3 is 0 Å². The first-order valence-electron chi connectivity index (χ1n) is 6.31. The number of rotatable bonds is 4. The van der Waals surface area contributed by atoms with Crippen LogP contribution in [0.25, 0.3) is 0 Å². The summed E-state index contributed by atoms with van der Waals surface area (Å²) < 4.78 is 11.2. The third kappa shape index (κ3) is 4.03. The highest BCUT2D eigenvalue weighted by Gasteiger charge is 2.07. The molecule has 1 amide bonds. The van der Waals surface area contributed by atoms with Crippen LogP contribution in [0.15, 0.2) is 48.5 Å². The maximum atomic E-state index is 12.2. The lowest BCUT2D eigenvalue weighted by atomic mass is 10.1. The van der Waals surface area contributed by atoms with E-state index in [0.29, 0.717) is 11.3 Å². The lowest BCUT2D eigenvalue weighted by Gasteiger charge is -2.07. The van der Waals surface area contributed by atoms with Crippen LogP contribution >= 0.6 is 0 Å². The van der Waals surface area contributed by atoms with E-state index in [1.54, 1.807) is 18.4 Å². The molecular formula is C16H17NO2S. The molecule has 0 spiro atoms. The quantitative estimate of drug-likeness (QED) is 0.939. The molecule has 1 atom stereocenters. The summed E-state index contributed by atoms with van der Waals surface area (Å²) in [6.45, 7) is 2.00. The van der Waals surface area contributed by atoms with Gasteiger partial charge in [0.05, 0.1) is 0 Å². The predicted octanol–water partition coefficient (Wildman–Crippen LogP) is 3.13. The second-order valence-corrected chi connectivity index (χ2v) is 6.17. The molecule has 20 heavy (non-hydrogen) atoms. The molecule has 2 rings (SSSR count). The second kappa shape index (κ2) is 6.48. The zero-order chi connectivity index (χ0) is 14.5. The number of nitrogens with one attached hydrogen (secondary N) is 1. The van der Waals surface area contributed by atoms with Crippen LogP contribution in [-0.4, -0.2) is 16.4 Å². The number of benzene rings is 2. The van der Waals surface area contributed by atoms with Gasteiger partial charge in [-0.05, 0) is 36.8 Å². The zero-order valence-electron chi connectivity index (χ0n) is 11.6. The van der Waals surface area contributed by atoms with Crippen molar-refractivity contribution in [2.24, 2.45) is 0 Å². The molecule has 2 aromatic carbocycles. The van der Waals surface area contributed by atoms with Gasteiger partial charge in [0.25, 0.3) is 5.91 Å². The van der Waals surface area contributed by atoms with Gasteiger partial charge in [-0.2, -0.15) is 0 Å². The van der Waals surface area contributed by atoms with E-state index in [1.807, 2.05) is 43.3 Å². The summed E-state index contributed by atoms with van der Waals surface area (Å²) in [5, 5.41) is 2.85. The van der Waals surface area contributed by atoms with Crippen LogP contribution < -0.4 is 5.32 Å². The fourth-order valence-electron chi connectivity index (χ4n) is 1.88. The van der Waals surface area contributed by atoms with Gasteiger partial charge in [-0.1, -0.05) is 29.8 Å². The van der Waals surface area contributed by atoms with Crippen molar-refractivity contribution < 1.29 is 9.00 Å². The largest absolute Gasteiger partial charge is 0.322 e. The molecule has 0 saturated carbocycles. The number of anilines is 1. The molecule has 1 N–H and O–H groups in total. The van der Waals surface area contributed by atoms with Crippen molar-refractivity contribution in [3.63, 3.8) is 0 Å². The van der Waals surface area contributed by atoms with Gasteiger partial charge in [-0.25, -0.2) is 0 Å². The van der Waals surface area contributed by atoms with Gasteiger partial charge in [0.1, 0.15) is 0 Å². The summed E-state index contributed by atoms with van der Waals surface area (Å²) in [4.78, 5) is 12.2. The molecule has 0 saturated heterocycles. The van der Waals surface area contributed by atoms with Crippen molar-refractivity contribution in [1.82, 2.24) is 0 Å². The number of amides is 1. The van der Waals surface area contributed by atoms with E-state index < -0.39 is 10.8 Å². The maximum absolute atomic E-state index is 12.2. The minimum Gasteiger partial charge on any atom is -0.322 e. The molecular weight excluding hydrogens is 270 g/mol. The van der Waals surface area contributed by atoms with Crippen LogP contribution in [0.1, 0.15) is 21.5 Å². The molecule has 0 aliphatic carbocycles. The first kappa shape index (κ1) is 14.5. The smallest absolute Gasteiger partial charge is 0.255 e. The number of carbonyl (C=O) groups is 1. The van der Waals surface area contributed by atoms with Crippen LogP contribution in [0.2, 0.25) is 0 Å². The zero-order valence-corrected chi connectivity index (χ0v) is 12.4. The Morgan fingerprint density at radius 1 is 1.15 bits per heavy atom. The van der Waals surface area contributed by atoms with Gasteiger partial charge in [-0.15, -0.1) is 0 Å². The lowest BCUT2D eigenvalue weighted by Crippen LogP contribution is -2.12. The third-order valence-corrected chi connectivity index (χ3v) is 3.61. The Morgan fingerprint density at radius 3 is 2.50 bits per heavy atom. The van der Waals surface area contributed by atoms with E-state index in [2.05, 4.69) is 5.32 Å². The average molecular weight is 287 g/mol. The van der Waals surface area contributed by atoms with E-state index >= 15 is 0 Å². The normalized spacial score (nSPS) is 11.9. The third-order valence-electron chi connectivity index (χ3n) is 2.87. The number of carbonyl (C=O) groups excluding carboxylic acids is 1. The highest BCUT2D eigenvalue weighted by atomic mass is 32.2. The topological polar surface area (TPSA) is 46.2 Å². The van der Waals surface area contributed by atoms with Crippen LogP contribution in [0.4, 0.5) is 5.69 Å². The molecule has 0 fully saturated rings. The Hall–Kier alpha value is -1.94. The van der Waals surface area contributed by atoms with Gasteiger partial charge in [0, 0.05) is 34.1 Å². The Balaban J connectivity index is 2.12. The summed E-state index contributed by atoms with van der Waals surface area (Å²) in [6.07, 6.45) is 1.65. The Labute approximate surface area is 121 Å². The average Bonchev–Trinajstić information content (AvgIpc) is 2.41. The van der Waals surface area contributed by atoms with E-state index in [0.717, 1.165) is 16.8 Å². The van der Waals surface area contributed by atoms with Gasteiger partial charge in [-0.3, -0.25) is 9.00 Å². The van der Waals surface area contributed by atoms with E-state index in [-0.39, 0.29) is 5.91 Å². The summed E-state index contributed by atoms with van der Waals surface area (Å²) >= 11 is 0. The number of aryl methyl sites for hydroxylation is 1. The summed E-state index contributed by atoms with van der Waals surface area (Å²) in [5.74, 6) is 0.309. The Kier molecular flexibility index (Phi) is 4.69. The molecule has 104 valence electrons. The van der Waals surface area contributed by atoms with E-state index in [4.69, 9.17) is 0 Å². The van der Waals surface area contributed by atoms with Crippen LogP contribution in [-0.2, 0) is 16.6 Å². The minimum absolute atomic E-state index is 0.155. The van der Waals surface area contributed by atoms with Gasteiger partial charge in [0.15, 0.2) is 0 Å². The molecule has 2 aromatic rings. The van der Waals surface area contributed by atoms with Gasteiger partial charge in [0.2, 0.25) is 0 Å². The first-order valence-corrected chi connectivity index (χ1v) is 8.04. The predicted molar refractivity (Wildman–Crippen MR) is 83.3 cm³/mol. The van der Waals surface area contributed by atoms with Crippen LogP contribution in [0.3, 0.4) is 0 Å². The van der Waals surface area contributed by atoms with E-state index in [9.17, 15) is 9.00 Å². The van der Waals surface area contributed by atoms with Crippen molar-refractivity contribution >= 4 is 22.4 Å². The first-order chi connectivity index (χ1) is 9.54. The number of hydrogen-bond acceptors (Lipinski definition) is 2. The van der Waals surface area contributed by atoms with Crippen molar-refractivity contribution in [3.05, 3.63) is 65.2 Å². The molecule has 1 unspecified atom stereocenters. The molecule has 0 heterocycles. The number of hydrogen-bond donors (Lipinski definition) is 1. The second-order valence-electron chi connectivity index (χ2n) is 4.74. The summed E-state index contributed by atoms with van der Waals surface area (Å²) in [7, 11) is -0.910. The fourth-order valence-corrected chi connectivity index (χ4v) is 2.53.